The van der Waals surface area contributed by atoms with Crippen molar-refractivity contribution in [2.75, 3.05) is 66.2 Å². The third-order valence-electron chi connectivity index (χ3n) is 7.73. The van der Waals surface area contributed by atoms with Crippen LogP contribution < -0.4 is 15.2 Å². The maximum Gasteiger partial charge on any atom is 0.319 e. The molecular formula is C26H39N5O6. The van der Waals surface area contributed by atoms with Crippen molar-refractivity contribution in [3.63, 3.8) is 0 Å². The minimum absolute atomic E-state index is 0.0450. The predicted molar refractivity (Wildman–Crippen MR) is 137 cm³/mol. The Morgan fingerprint density at radius 3 is 2.65 bits per heavy atom. The number of carbonyl (C=O) groups is 3. The van der Waals surface area contributed by atoms with Crippen LogP contribution in [0.1, 0.15) is 37.7 Å². The van der Waals surface area contributed by atoms with E-state index in [0.717, 1.165) is 18.4 Å². The van der Waals surface area contributed by atoms with Crippen molar-refractivity contribution >= 4 is 17.9 Å². The van der Waals surface area contributed by atoms with E-state index < -0.39 is 17.9 Å². The Morgan fingerprint density at radius 1 is 1.19 bits per heavy atom. The molecule has 0 aromatic heterocycles. The second-order valence-electron chi connectivity index (χ2n) is 10.1. The highest BCUT2D eigenvalue weighted by Crippen LogP contribution is 2.42. The standard InChI is InChI=1S/C26H39N5O6/c1-3-4-9-29(11-8-27)23(32)16-31-15-19(18-5-6-21-22(14-18)37-17-36-21)24(25(33)34)20(31)7-10-30-13-12-28(2)26(30)35/h5-6,14,19-20,24H,3-4,7-13,15-17,27H2,1-2H3,(H,33,34). The number of ether oxygens (including phenoxy) is 2. The molecule has 0 saturated carbocycles. The number of carbonyl (C=O) groups excluding carboxylic acids is 2. The summed E-state index contributed by atoms with van der Waals surface area (Å²) in [5.74, 6) is -0.773. The van der Waals surface area contributed by atoms with Gasteiger partial charge in [-0.1, -0.05) is 19.4 Å². The molecule has 3 heterocycles. The Kier molecular flexibility index (Phi) is 8.75. The van der Waals surface area contributed by atoms with Crippen LogP contribution in [-0.2, 0) is 9.59 Å². The van der Waals surface area contributed by atoms with Crippen LogP contribution in [0.5, 0.6) is 11.5 Å². The van der Waals surface area contributed by atoms with Gasteiger partial charge in [-0.2, -0.15) is 0 Å². The summed E-state index contributed by atoms with van der Waals surface area (Å²) in [5.41, 5.74) is 6.62. The first-order valence-corrected chi connectivity index (χ1v) is 13.2. The molecule has 3 aliphatic heterocycles. The molecule has 204 valence electrons. The van der Waals surface area contributed by atoms with Crippen LogP contribution in [0.2, 0.25) is 0 Å². The Hall–Kier alpha value is -3.05. The molecule has 1 aromatic rings. The first-order chi connectivity index (χ1) is 17.8. The van der Waals surface area contributed by atoms with Gasteiger partial charge >= 0.3 is 12.0 Å². The van der Waals surface area contributed by atoms with Crippen molar-refractivity contribution in [1.82, 2.24) is 19.6 Å². The summed E-state index contributed by atoms with van der Waals surface area (Å²) in [5, 5.41) is 10.4. The number of likely N-dealkylation sites (N-methyl/N-ethyl adjacent to an activating group) is 1. The highest BCUT2D eigenvalue weighted by atomic mass is 16.7. The van der Waals surface area contributed by atoms with Gasteiger partial charge in [0.05, 0.1) is 12.5 Å². The van der Waals surface area contributed by atoms with Crippen LogP contribution in [0.25, 0.3) is 0 Å². The number of aliphatic carboxylic acids is 1. The molecule has 11 heteroatoms. The number of hydrogen-bond donors (Lipinski definition) is 2. The van der Waals surface area contributed by atoms with E-state index in [9.17, 15) is 19.5 Å². The van der Waals surface area contributed by atoms with Crippen LogP contribution in [0.15, 0.2) is 18.2 Å². The van der Waals surface area contributed by atoms with Gasteiger partial charge in [0.15, 0.2) is 11.5 Å². The lowest BCUT2D eigenvalue weighted by molar-refractivity contribution is -0.143. The van der Waals surface area contributed by atoms with Gasteiger partial charge in [0.25, 0.3) is 0 Å². The fourth-order valence-electron chi connectivity index (χ4n) is 5.67. The number of benzene rings is 1. The minimum atomic E-state index is -0.905. The van der Waals surface area contributed by atoms with Gasteiger partial charge in [-0.25, -0.2) is 4.79 Å². The van der Waals surface area contributed by atoms with Crippen LogP contribution >= 0.6 is 0 Å². The van der Waals surface area contributed by atoms with Gasteiger partial charge in [0.2, 0.25) is 12.7 Å². The van der Waals surface area contributed by atoms with Gasteiger partial charge in [-0.3, -0.25) is 14.5 Å². The first kappa shape index (κ1) is 27.0. The number of unbranched alkanes of at least 4 members (excludes halogenated alkanes) is 1. The van der Waals surface area contributed by atoms with Gasteiger partial charge in [0, 0.05) is 64.8 Å². The summed E-state index contributed by atoms with van der Waals surface area (Å²) in [6.07, 6.45) is 2.32. The molecule has 2 saturated heterocycles. The average molecular weight is 518 g/mol. The number of fused-ring (bicyclic) bond motifs is 1. The van der Waals surface area contributed by atoms with E-state index in [0.29, 0.717) is 63.7 Å². The first-order valence-electron chi connectivity index (χ1n) is 13.2. The predicted octanol–water partition coefficient (Wildman–Crippen LogP) is 1.23. The molecule has 37 heavy (non-hydrogen) atoms. The van der Waals surface area contributed by atoms with Crippen LogP contribution in [-0.4, -0.2) is 115 Å². The molecule has 1 aromatic carbocycles. The number of urea groups is 1. The molecule has 3 N–H and O–H groups in total. The molecule has 0 radical (unpaired) electrons. The van der Waals surface area contributed by atoms with Crippen molar-refractivity contribution in [2.24, 2.45) is 11.7 Å². The molecule has 3 amide bonds. The molecule has 0 aliphatic carbocycles. The molecule has 0 spiro atoms. The van der Waals surface area contributed by atoms with E-state index >= 15 is 0 Å². The van der Waals surface area contributed by atoms with E-state index in [2.05, 4.69) is 6.92 Å². The van der Waals surface area contributed by atoms with Crippen LogP contribution in [0.4, 0.5) is 4.79 Å². The zero-order valence-corrected chi connectivity index (χ0v) is 21.8. The van der Waals surface area contributed by atoms with E-state index in [1.807, 2.05) is 23.1 Å². The Balaban J connectivity index is 1.58. The lowest BCUT2D eigenvalue weighted by Gasteiger charge is -2.30. The summed E-state index contributed by atoms with van der Waals surface area (Å²) in [6, 6.07) is 5.10. The lowest BCUT2D eigenvalue weighted by atomic mass is 9.84. The second-order valence-corrected chi connectivity index (χ2v) is 10.1. The van der Waals surface area contributed by atoms with Crippen molar-refractivity contribution in [2.45, 2.75) is 38.1 Å². The van der Waals surface area contributed by atoms with E-state index in [4.69, 9.17) is 15.2 Å². The summed E-state index contributed by atoms with van der Waals surface area (Å²) in [6.45, 7) is 5.95. The Morgan fingerprint density at radius 2 is 1.97 bits per heavy atom. The summed E-state index contributed by atoms with van der Waals surface area (Å²) >= 11 is 0. The van der Waals surface area contributed by atoms with Gasteiger partial charge in [-0.05, 0) is 30.5 Å². The SMILES string of the molecule is CCCCN(CCN)C(=O)CN1CC(c2ccc3c(c2)OCO3)C(C(=O)O)C1CCN1CCN(C)C1=O. The molecule has 0 bridgehead atoms. The molecular weight excluding hydrogens is 478 g/mol. The third kappa shape index (κ3) is 5.93. The van der Waals surface area contributed by atoms with Crippen molar-refractivity contribution < 1.29 is 29.0 Å². The average Bonchev–Trinajstić information content (AvgIpc) is 3.58. The Bertz CT molecular complexity index is 990. The number of nitrogens with two attached hydrogens (primary N) is 1. The molecule has 2 fully saturated rings. The smallest absolute Gasteiger partial charge is 0.319 e. The quantitative estimate of drug-likeness (QED) is 0.424. The fourth-order valence-corrected chi connectivity index (χ4v) is 5.67. The maximum atomic E-state index is 13.3. The maximum absolute atomic E-state index is 13.3. The van der Waals surface area contributed by atoms with E-state index in [1.54, 1.807) is 21.7 Å². The molecule has 4 rings (SSSR count). The summed E-state index contributed by atoms with van der Waals surface area (Å²) in [7, 11) is 1.76. The van der Waals surface area contributed by atoms with Crippen LogP contribution in [0, 0.1) is 5.92 Å². The van der Waals surface area contributed by atoms with Gasteiger partial charge in [-0.15, -0.1) is 0 Å². The highest BCUT2D eigenvalue weighted by molar-refractivity contribution is 5.79. The Labute approximate surface area is 218 Å². The van der Waals surface area contributed by atoms with Gasteiger partial charge < -0.3 is 35.0 Å². The molecule has 11 nitrogen and oxygen atoms in total. The van der Waals surface area contributed by atoms with E-state index in [1.165, 1.54) is 0 Å². The number of nitrogens with zero attached hydrogens (tertiary/aromatic N) is 4. The topological polar surface area (TPSA) is 129 Å². The highest BCUT2D eigenvalue weighted by Gasteiger charge is 2.47. The molecule has 3 unspecified atom stereocenters. The minimum Gasteiger partial charge on any atom is -0.481 e. The third-order valence-corrected chi connectivity index (χ3v) is 7.73. The van der Waals surface area contributed by atoms with Crippen molar-refractivity contribution in [1.29, 1.82) is 0 Å². The number of carboxylic acids is 1. The van der Waals surface area contributed by atoms with Crippen LogP contribution in [0.3, 0.4) is 0 Å². The van der Waals surface area contributed by atoms with Gasteiger partial charge in [0.1, 0.15) is 0 Å². The van der Waals surface area contributed by atoms with Crippen molar-refractivity contribution in [3.05, 3.63) is 23.8 Å². The number of rotatable bonds is 12. The van der Waals surface area contributed by atoms with E-state index in [-0.39, 0.29) is 31.2 Å². The fraction of sp³-hybridized carbons (Fsp3) is 0.654. The molecule has 3 atom stereocenters. The number of likely N-dealkylation sites (tertiary alicyclic amines) is 1. The monoisotopic (exact) mass is 517 g/mol. The second kappa shape index (κ2) is 12.0. The summed E-state index contributed by atoms with van der Waals surface area (Å²) < 4.78 is 11.0. The zero-order valence-electron chi connectivity index (χ0n) is 21.8. The normalized spacial score (nSPS) is 23.2. The zero-order chi connectivity index (χ0) is 26.5. The molecule has 3 aliphatic rings. The number of amides is 3. The number of carboxylic acid groups (broad SMARTS) is 1. The summed E-state index contributed by atoms with van der Waals surface area (Å²) in [4.78, 5) is 45.7. The number of hydrogen-bond acceptors (Lipinski definition) is 7. The lowest BCUT2D eigenvalue weighted by Crippen LogP contribution is -2.46. The van der Waals surface area contributed by atoms with Crippen molar-refractivity contribution in [3.8, 4) is 11.5 Å². The largest absolute Gasteiger partial charge is 0.481 e.